The summed E-state index contributed by atoms with van der Waals surface area (Å²) >= 11 is 0. The van der Waals surface area contributed by atoms with Crippen LogP contribution in [-0.4, -0.2) is 23.8 Å². The second-order valence-electron chi connectivity index (χ2n) is 4.04. The lowest BCUT2D eigenvalue weighted by atomic mass is 10.2. The van der Waals surface area contributed by atoms with Gasteiger partial charge in [0.25, 0.3) is 0 Å². The molecule has 0 amide bonds. The summed E-state index contributed by atoms with van der Waals surface area (Å²) in [7, 11) is 0. The topological polar surface area (TPSA) is 109 Å². The molecule has 1 aromatic heterocycles. The summed E-state index contributed by atoms with van der Waals surface area (Å²) in [4.78, 5) is 32.4. The lowest BCUT2D eigenvalue weighted by Crippen LogP contribution is -2.09. The van der Waals surface area contributed by atoms with Gasteiger partial charge in [-0.1, -0.05) is 0 Å². The molecule has 2 rings (SSSR count). The van der Waals surface area contributed by atoms with E-state index < -0.39 is 16.8 Å². The Labute approximate surface area is 124 Å². The van der Waals surface area contributed by atoms with Crippen molar-refractivity contribution in [3.8, 4) is 11.5 Å². The van der Waals surface area contributed by atoms with Crippen molar-refractivity contribution >= 4 is 18.1 Å². The van der Waals surface area contributed by atoms with Gasteiger partial charge in [0.2, 0.25) is 5.76 Å². The molecule has 0 aliphatic heterocycles. The molecule has 8 nitrogen and oxygen atoms in total. The van der Waals surface area contributed by atoms with Crippen molar-refractivity contribution < 1.29 is 28.4 Å². The van der Waals surface area contributed by atoms with Crippen molar-refractivity contribution in [3.05, 3.63) is 51.8 Å². The summed E-state index contributed by atoms with van der Waals surface area (Å²) in [6.07, 6.45) is 0.629. The first-order chi connectivity index (χ1) is 10.5. The Morgan fingerprint density at radius 1 is 1.32 bits per heavy atom. The number of rotatable bonds is 6. The number of ether oxygens (including phenoxy) is 2. The minimum Gasteiger partial charge on any atom is -0.490 e. The highest BCUT2D eigenvalue weighted by molar-refractivity contribution is 5.89. The van der Waals surface area contributed by atoms with Crippen LogP contribution in [0.15, 0.2) is 34.7 Å². The molecule has 0 saturated heterocycles. The molecule has 1 aromatic carbocycles. The highest BCUT2D eigenvalue weighted by Crippen LogP contribution is 2.29. The number of hydrogen-bond acceptors (Lipinski definition) is 7. The standard InChI is InChI=1S/C14H11NO7/c1-2-20-12-7-9(8-16)3-4-10(12)22-14(17)11-5-6-13(21-11)15(18)19/h3-8H,2H2,1H3. The number of aldehydes is 1. The van der Waals surface area contributed by atoms with E-state index in [2.05, 4.69) is 0 Å². The van der Waals surface area contributed by atoms with E-state index in [1.807, 2.05) is 0 Å². The van der Waals surface area contributed by atoms with Crippen molar-refractivity contribution in [2.75, 3.05) is 6.61 Å². The van der Waals surface area contributed by atoms with E-state index in [4.69, 9.17) is 13.9 Å². The van der Waals surface area contributed by atoms with Crippen LogP contribution >= 0.6 is 0 Å². The molecule has 0 aliphatic carbocycles. The molecule has 0 N–H and O–H groups in total. The number of benzene rings is 1. The first-order valence-electron chi connectivity index (χ1n) is 6.23. The maximum Gasteiger partial charge on any atom is 0.433 e. The lowest BCUT2D eigenvalue weighted by Gasteiger charge is -2.10. The average Bonchev–Trinajstić information content (AvgIpc) is 2.99. The van der Waals surface area contributed by atoms with Crippen LogP contribution in [0.1, 0.15) is 27.8 Å². The second-order valence-corrected chi connectivity index (χ2v) is 4.04. The molecule has 0 spiro atoms. The normalized spacial score (nSPS) is 10.0. The Morgan fingerprint density at radius 3 is 2.68 bits per heavy atom. The van der Waals surface area contributed by atoms with Crippen molar-refractivity contribution in [2.24, 2.45) is 0 Å². The molecule has 0 atom stereocenters. The smallest absolute Gasteiger partial charge is 0.433 e. The number of furan rings is 1. The Morgan fingerprint density at radius 2 is 2.09 bits per heavy atom. The Balaban J connectivity index is 2.23. The number of nitrogens with zero attached hydrogens (tertiary/aromatic N) is 1. The monoisotopic (exact) mass is 305 g/mol. The number of esters is 1. The molecular weight excluding hydrogens is 294 g/mol. The largest absolute Gasteiger partial charge is 0.490 e. The molecule has 0 aliphatic rings. The highest BCUT2D eigenvalue weighted by Gasteiger charge is 2.20. The minimum atomic E-state index is -0.909. The van der Waals surface area contributed by atoms with Gasteiger partial charge >= 0.3 is 11.9 Å². The van der Waals surface area contributed by atoms with Crippen molar-refractivity contribution in [3.63, 3.8) is 0 Å². The Hall–Kier alpha value is -3.16. The first-order valence-corrected chi connectivity index (χ1v) is 6.23. The number of carbonyl (C=O) groups excluding carboxylic acids is 2. The number of carbonyl (C=O) groups is 2. The molecule has 1 heterocycles. The van der Waals surface area contributed by atoms with E-state index in [9.17, 15) is 19.7 Å². The Kier molecular flexibility index (Phi) is 4.52. The van der Waals surface area contributed by atoms with Crippen LogP contribution in [0.3, 0.4) is 0 Å². The van der Waals surface area contributed by atoms with E-state index >= 15 is 0 Å². The SMILES string of the molecule is CCOc1cc(C=O)ccc1OC(=O)c1ccc([N+](=O)[O-])o1. The van der Waals surface area contributed by atoms with Crippen molar-refractivity contribution in [2.45, 2.75) is 6.92 Å². The van der Waals surface area contributed by atoms with Crippen molar-refractivity contribution in [1.29, 1.82) is 0 Å². The third-order valence-corrected chi connectivity index (χ3v) is 2.58. The fraction of sp³-hybridized carbons (Fsp3) is 0.143. The van der Waals surface area contributed by atoms with Crippen LogP contribution in [0.5, 0.6) is 11.5 Å². The number of nitro groups is 1. The van der Waals surface area contributed by atoms with Gasteiger partial charge in [0.05, 0.1) is 12.7 Å². The third kappa shape index (κ3) is 3.29. The van der Waals surface area contributed by atoms with Crippen LogP contribution < -0.4 is 9.47 Å². The van der Waals surface area contributed by atoms with Crippen LogP contribution in [-0.2, 0) is 0 Å². The molecule has 0 bridgehead atoms. The summed E-state index contributed by atoms with van der Waals surface area (Å²) in [5.74, 6) is -1.49. The second kappa shape index (κ2) is 6.53. The highest BCUT2D eigenvalue weighted by atomic mass is 16.7. The maximum absolute atomic E-state index is 11.9. The van der Waals surface area contributed by atoms with Gasteiger partial charge in [0.15, 0.2) is 11.5 Å². The van der Waals surface area contributed by atoms with Gasteiger partial charge < -0.3 is 13.9 Å². The minimum absolute atomic E-state index is 0.0801. The molecule has 22 heavy (non-hydrogen) atoms. The van der Waals surface area contributed by atoms with E-state index in [-0.39, 0.29) is 17.3 Å². The zero-order valence-electron chi connectivity index (χ0n) is 11.5. The average molecular weight is 305 g/mol. The summed E-state index contributed by atoms with van der Waals surface area (Å²) in [5.41, 5.74) is 0.358. The molecule has 114 valence electrons. The fourth-order valence-electron chi connectivity index (χ4n) is 1.64. The quantitative estimate of drug-likeness (QED) is 0.265. The van der Waals surface area contributed by atoms with Crippen LogP contribution in [0.25, 0.3) is 0 Å². The van der Waals surface area contributed by atoms with Gasteiger partial charge in [-0.15, -0.1) is 0 Å². The van der Waals surface area contributed by atoms with E-state index in [0.29, 0.717) is 18.5 Å². The van der Waals surface area contributed by atoms with E-state index in [1.165, 1.54) is 18.2 Å². The molecule has 0 fully saturated rings. The van der Waals surface area contributed by atoms with Gasteiger partial charge in [-0.2, -0.15) is 0 Å². The van der Waals surface area contributed by atoms with Crippen LogP contribution in [0, 0.1) is 10.1 Å². The summed E-state index contributed by atoms with van der Waals surface area (Å²) < 4.78 is 15.1. The van der Waals surface area contributed by atoms with E-state index in [0.717, 1.165) is 12.1 Å². The predicted molar refractivity (Wildman–Crippen MR) is 73.3 cm³/mol. The van der Waals surface area contributed by atoms with Gasteiger partial charge in [-0.05, 0) is 31.2 Å². The van der Waals surface area contributed by atoms with Crippen LogP contribution in [0.4, 0.5) is 5.88 Å². The molecule has 8 heteroatoms. The van der Waals surface area contributed by atoms with Gasteiger partial charge in [-0.25, -0.2) is 4.79 Å². The Bertz CT molecular complexity index is 720. The first kappa shape index (κ1) is 15.2. The zero-order chi connectivity index (χ0) is 16.1. The van der Waals surface area contributed by atoms with Crippen molar-refractivity contribution in [1.82, 2.24) is 0 Å². The van der Waals surface area contributed by atoms with Gasteiger partial charge in [0.1, 0.15) is 11.2 Å². The number of hydrogen-bond donors (Lipinski definition) is 0. The fourth-order valence-corrected chi connectivity index (χ4v) is 1.64. The maximum atomic E-state index is 11.9. The third-order valence-electron chi connectivity index (χ3n) is 2.58. The van der Waals surface area contributed by atoms with E-state index in [1.54, 1.807) is 6.92 Å². The summed E-state index contributed by atoms with van der Waals surface area (Å²) in [6, 6.07) is 6.45. The molecule has 0 unspecified atom stereocenters. The molecule has 0 radical (unpaired) electrons. The summed E-state index contributed by atoms with van der Waals surface area (Å²) in [6.45, 7) is 2.04. The van der Waals surface area contributed by atoms with Gasteiger partial charge in [0, 0.05) is 5.56 Å². The lowest BCUT2D eigenvalue weighted by molar-refractivity contribution is -0.402. The molecule has 2 aromatic rings. The summed E-state index contributed by atoms with van der Waals surface area (Å²) in [5, 5.41) is 10.5. The van der Waals surface area contributed by atoms with Crippen LogP contribution in [0.2, 0.25) is 0 Å². The molecule has 0 saturated carbocycles. The molecular formula is C14H11NO7. The van der Waals surface area contributed by atoms with Gasteiger partial charge in [-0.3, -0.25) is 14.9 Å². The zero-order valence-corrected chi connectivity index (χ0v) is 11.5. The predicted octanol–water partition coefficient (Wildman–Crippen LogP) is 2.62.